The van der Waals surface area contributed by atoms with Crippen LogP contribution in [0, 0.1) is 0 Å². The van der Waals surface area contributed by atoms with Gasteiger partial charge in [-0.05, 0) is 12.0 Å². The average molecular weight is 145 g/mol. The molecule has 0 saturated carbocycles. The van der Waals surface area contributed by atoms with Crippen LogP contribution in [0.15, 0.2) is 18.8 Å². The number of aromatic nitrogens is 1. The Hall–Kier alpha value is -0.915. The molecule has 1 aromatic rings. The molecule has 11 heavy (non-hydrogen) atoms. The van der Waals surface area contributed by atoms with E-state index < -0.39 is 0 Å². The molecule has 0 aliphatic rings. The molecule has 0 atom stereocenters. The zero-order valence-electron chi connectivity index (χ0n) is 7.09. The maximum atomic E-state index is 5.74. The quantitative estimate of drug-likeness (QED) is 0.551. The highest BCUT2D eigenvalue weighted by molar-refractivity contribution is 6.34. The molecule has 0 aliphatic heterocycles. The Morgan fingerprint density at radius 2 is 2.36 bits per heavy atom. The van der Waals surface area contributed by atoms with Crippen LogP contribution in [0.25, 0.3) is 5.57 Å². The Kier molecular flexibility index (Phi) is 2.23. The highest BCUT2D eigenvalue weighted by Gasteiger charge is 2.03. The van der Waals surface area contributed by atoms with Crippen LogP contribution in [0.3, 0.4) is 0 Å². The zero-order valence-corrected chi connectivity index (χ0v) is 7.09. The second-order valence-electron chi connectivity index (χ2n) is 2.69. The summed E-state index contributed by atoms with van der Waals surface area (Å²) in [5.74, 6) is 0. The second-order valence-corrected chi connectivity index (χ2v) is 2.69. The van der Waals surface area contributed by atoms with Gasteiger partial charge in [0.25, 0.3) is 0 Å². The van der Waals surface area contributed by atoms with E-state index in [1.807, 2.05) is 23.9 Å². The zero-order chi connectivity index (χ0) is 8.43. The van der Waals surface area contributed by atoms with Crippen LogP contribution in [-0.4, -0.2) is 12.4 Å². The molecular weight excluding hydrogens is 133 g/mol. The molecule has 0 saturated heterocycles. The first-order valence-corrected chi connectivity index (χ1v) is 3.75. The lowest BCUT2D eigenvalue weighted by Gasteiger charge is -2.06. The van der Waals surface area contributed by atoms with E-state index in [2.05, 4.69) is 13.5 Å². The van der Waals surface area contributed by atoms with E-state index in [0.717, 1.165) is 23.2 Å². The fraction of sp³-hybridized carbons (Fsp3) is 0.333. The van der Waals surface area contributed by atoms with Gasteiger partial charge in [0.15, 0.2) is 0 Å². The number of allylic oxidation sites excluding steroid dienone is 1. The first-order valence-electron chi connectivity index (χ1n) is 3.75. The SMILES string of the molecule is [B]c1ccn(C)c1C(=C)CC. The Balaban J connectivity index is 3.10. The van der Waals surface area contributed by atoms with Gasteiger partial charge in [0.2, 0.25) is 0 Å². The minimum Gasteiger partial charge on any atom is -0.351 e. The molecule has 56 valence electrons. The molecule has 0 unspecified atom stereocenters. The van der Waals surface area contributed by atoms with Crippen LogP contribution in [-0.2, 0) is 7.05 Å². The lowest BCUT2D eigenvalue weighted by molar-refractivity contribution is 0.904. The van der Waals surface area contributed by atoms with Gasteiger partial charge in [-0.2, -0.15) is 0 Å². The Morgan fingerprint density at radius 1 is 1.73 bits per heavy atom. The molecule has 1 nitrogen and oxygen atoms in total. The van der Waals surface area contributed by atoms with Crippen LogP contribution in [0.5, 0.6) is 0 Å². The van der Waals surface area contributed by atoms with Crippen molar-refractivity contribution in [2.24, 2.45) is 7.05 Å². The lowest BCUT2D eigenvalue weighted by Crippen LogP contribution is -2.08. The topological polar surface area (TPSA) is 4.93 Å². The predicted molar refractivity (Wildman–Crippen MR) is 50.1 cm³/mol. The van der Waals surface area contributed by atoms with Crippen LogP contribution in [0.2, 0.25) is 0 Å². The summed E-state index contributed by atoms with van der Waals surface area (Å²) >= 11 is 0. The van der Waals surface area contributed by atoms with Crippen LogP contribution >= 0.6 is 0 Å². The van der Waals surface area contributed by atoms with E-state index in [1.54, 1.807) is 0 Å². The fourth-order valence-corrected chi connectivity index (χ4v) is 1.17. The van der Waals surface area contributed by atoms with Gasteiger partial charge in [0, 0.05) is 18.9 Å². The molecule has 0 aromatic carbocycles. The van der Waals surface area contributed by atoms with Crippen molar-refractivity contribution in [3.63, 3.8) is 0 Å². The molecule has 2 radical (unpaired) electrons. The van der Waals surface area contributed by atoms with Gasteiger partial charge >= 0.3 is 0 Å². The monoisotopic (exact) mass is 145 g/mol. The first kappa shape index (κ1) is 8.18. The molecular formula is C9H12BN. The maximum absolute atomic E-state index is 5.74. The average Bonchev–Trinajstić information content (AvgIpc) is 2.30. The molecule has 0 bridgehead atoms. The molecule has 1 rings (SSSR count). The Morgan fingerprint density at radius 3 is 2.73 bits per heavy atom. The Bertz CT molecular complexity index is 254. The van der Waals surface area contributed by atoms with Gasteiger partial charge in [-0.3, -0.25) is 0 Å². The lowest BCUT2D eigenvalue weighted by atomic mass is 9.93. The number of hydrogen-bond acceptors (Lipinski definition) is 0. The van der Waals surface area contributed by atoms with Crippen molar-refractivity contribution in [3.05, 3.63) is 24.5 Å². The highest BCUT2D eigenvalue weighted by Crippen LogP contribution is 2.12. The van der Waals surface area contributed by atoms with Crippen molar-refractivity contribution < 1.29 is 0 Å². The standard InChI is InChI=1S/C9H12BN/c1-4-7(2)9-8(10)5-6-11(9)3/h5-6H,2,4H2,1,3H3. The van der Waals surface area contributed by atoms with E-state index in [1.165, 1.54) is 0 Å². The number of hydrogen-bond donors (Lipinski definition) is 0. The van der Waals surface area contributed by atoms with Gasteiger partial charge in [-0.1, -0.05) is 25.0 Å². The van der Waals surface area contributed by atoms with Crippen LogP contribution in [0.1, 0.15) is 19.0 Å². The van der Waals surface area contributed by atoms with Gasteiger partial charge in [0.05, 0.1) is 0 Å². The minimum absolute atomic E-state index is 0.819. The van der Waals surface area contributed by atoms with E-state index in [9.17, 15) is 0 Å². The third-order valence-electron chi connectivity index (χ3n) is 1.87. The molecule has 0 fully saturated rings. The van der Waals surface area contributed by atoms with E-state index in [-0.39, 0.29) is 0 Å². The summed E-state index contributed by atoms with van der Waals surface area (Å²) in [6.07, 6.45) is 2.90. The van der Waals surface area contributed by atoms with Gasteiger partial charge in [-0.15, -0.1) is 0 Å². The molecule has 2 heteroatoms. The predicted octanol–water partition coefficient (Wildman–Crippen LogP) is 1.24. The molecule has 0 aliphatic carbocycles. The van der Waals surface area contributed by atoms with Crippen molar-refractivity contribution in [2.45, 2.75) is 13.3 Å². The molecule has 1 heterocycles. The fourth-order valence-electron chi connectivity index (χ4n) is 1.17. The second kappa shape index (κ2) is 2.99. The van der Waals surface area contributed by atoms with Crippen LogP contribution in [0.4, 0.5) is 0 Å². The summed E-state index contributed by atoms with van der Waals surface area (Å²) in [6, 6.07) is 1.90. The summed E-state index contributed by atoms with van der Waals surface area (Å²) in [7, 11) is 7.71. The number of aryl methyl sites for hydroxylation is 1. The largest absolute Gasteiger partial charge is 0.351 e. The molecule has 1 aromatic heterocycles. The van der Waals surface area contributed by atoms with E-state index in [4.69, 9.17) is 7.85 Å². The summed E-state index contributed by atoms with van der Waals surface area (Å²) < 4.78 is 2.00. The summed E-state index contributed by atoms with van der Waals surface area (Å²) in [4.78, 5) is 0. The third kappa shape index (κ3) is 1.39. The number of nitrogens with zero attached hydrogens (tertiary/aromatic N) is 1. The summed E-state index contributed by atoms with van der Waals surface area (Å²) in [5.41, 5.74) is 2.97. The summed E-state index contributed by atoms with van der Waals surface area (Å²) in [6.45, 7) is 6.01. The number of rotatable bonds is 2. The van der Waals surface area contributed by atoms with Crippen molar-refractivity contribution in [1.82, 2.24) is 4.57 Å². The highest BCUT2D eigenvalue weighted by atomic mass is 14.9. The van der Waals surface area contributed by atoms with Crippen LogP contribution < -0.4 is 5.46 Å². The molecule has 0 spiro atoms. The smallest absolute Gasteiger partial charge is 0.116 e. The van der Waals surface area contributed by atoms with Gasteiger partial charge in [0.1, 0.15) is 7.85 Å². The maximum Gasteiger partial charge on any atom is 0.116 e. The normalized spacial score (nSPS) is 10.0. The Labute approximate surface area is 69.1 Å². The van der Waals surface area contributed by atoms with Crippen molar-refractivity contribution in [1.29, 1.82) is 0 Å². The molecule has 0 N–H and O–H groups in total. The van der Waals surface area contributed by atoms with Gasteiger partial charge in [-0.25, -0.2) is 0 Å². The molecule has 0 amide bonds. The minimum atomic E-state index is 0.819. The van der Waals surface area contributed by atoms with Crippen molar-refractivity contribution >= 4 is 18.9 Å². The summed E-state index contributed by atoms with van der Waals surface area (Å²) in [5, 5.41) is 0. The van der Waals surface area contributed by atoms with E-state index >= 15 is 0 Å². The van der Waals surface area contributed by atoms with Crippen molar-refractivity contribution in [2.75, 3.05) is 0 Å². The van der Waals surface area contributed by atoms with Gasteiger partial charge < -0.3 is 4.57 Å². The van der Waals surface area contributed by atoms with Crippen molar-refractivity contribution in [3.8, 4) is 0 Å². The third-order valence-corrected chi connectivity index (χ3v) is 1.87. The van der Waals surface area contributed by atoms with E-state index in [0.29, 0.717) is 0 Å². The first-order chi connectivity index (χ1) is 5.16.